The molecule has 0 saturated heterocycles. The van der Waals surface area contributed by atoms with Gasteiger partial charge in [0, 0.05) is 6.20 Å². The highest BCUT2D eigenvalue weighted by Gasteiger charge is 2.50. The van der Waals surface area contributed by atoms with Crippen molar-refractivity contribution < 1.29 is 14.6 Å². The van der Waals surface area contributed by atoms with Crippen LogP contribution in [0.15, 0.2) is 16.7 Å². The number of esters is 1. The molecule has 9 nitrogen and oxygen atoms in total. The molecule has 0 aromatic carbocycles. The number of H-pyrrole nitrogens is 1. The van der Waals surface area contributed by atoms with E-state index >= 15 is 0 Å². The number of carbonyl (C=O) groups excluding carboxylic acids is 1. The first-order valence-electron chi connectivity index (χ1n) is 7.88. The first-order valence-corrected chi connectivity index (χ1v) is 7.88. The van der Waals surface area contributed by atoms with Gasteiger partial charge in [-0.2, -0.15) is 4.98 Å². The SMILES string of the molecule is CC(C)(C)C(=O)OCC1(CO)C/C1=C/n1cnc2c(=O)[nH]c(N)nc21. The summed E-state index contributed by atoms with van der Waals surface area (Å²) in [5.41, 5.74) is 5.37. The molecule has 1 aliphatic carbocycles. The normalized spacial score (nSPS) is 21.7. The number of anilines is 1. The molecule has 1 saturated carbocycles. The Morgan fingerprint density at radius 1 is 1.56 bits per heavy atom. The number of rotatable bonds is 4. The number of nitrogens with one attached hydrogen (secondary N) is 1. The summed E-state index contributed by atoms with van der Waals surface area (Å²) in [6.45, 7) is 5.29. The largest absolute Gasteiger partial charge is 0.464 e. The van der Waals surface area contributed by atoms with E-state index in [4.69, 9.17) is 10.5 Å². The monoisotopic (exact) mass is 347 g/mol. The van der Waals surface area contributed by atoms with E-state index in [1.54, 1.807) is 31.5 Å². The zero-order chi connectivity index (χ0) is 18.4. The number of ether oxygens (including phenoxy) is 1. The Morgan fingerprint density at radius 3 is 2.92 bits per heavy atom. The number of nitrogen functional groups attached to an aromatic ring is 1. The van der Waals surface area contributed by atoms with E-state index in [1.165, 1.54) is 6.33 Å². The zero-order valence-electron chi connectivity index (χ0n) is 14.4. The molecule has 2 heterocycles. The Morgan fingerprint density at radius 2 is 2.28 bits per heavy atom. The lowest BCUT2D eigenvalue weighted by Gasteiger charge is -2.19. The standard InChI is InChI=1S/C16H21N5O4/c1-15(2,3)13(24)25-7-16(6-22)4-9(16)5-21-8-18-10-11(21)19-14(17)20-12(10)23/h5,8,22H,4,6-7H2,1-3H3,(H3,17,19,20,23)/b9-5-. The molecule has 1 atom stereocenters. The van der Waals surface area contributed by atoms with Gasteiger partial charge in [-0.25, -0.2) is 4.98 Å². The summed E-state index contributed by atoms with van der Waals surface area (Å²) in [6, 6.07) is 0. The van der Waals surface area contributed by atoms with Gasteiger partial charge in [0.15, 0.2) is 11.2 Å². The molecule has 1 unspecified atom stereocenters. The molecule has 1 aliphatic rings. The molecule has 25 heavy (non-hydrogen) atoms. The first-order chi connectivity index (χ1) is 11.7. The molecule has 4 N–H and O–H groups in total. The van der Waals surface area contributed by atoms with Gasteiger partial charge in [0.25, 0.3) is 5.56 Å². The van der Waals surface area contributed by atoms with Crippen molar-refractivity contribution >= 4 is 29.3 Å². The van der Waals surface area contributed by atoms with E-state index < -0.39 is 16.4 Å². The lowest BCUT2D eigenvalue weighted by molar-refractivity contribution is -0.155. The zero-order valence-corrected chi connectivity index (χ0v) is 14.4. The maximum absolute atomic E-state index is 11.9. The van der Waals surface area contributed by atoms with Gasteiger partial charge in [0.05, 0.1) is 17.4 Å². The van der Waals surface area contributed by atoms with Crippen LogP contribution in [0.5, 0.6) is 0 Å². The predicted molar refractivity (Wildman–Crippen MR) is 91.4 cm³/mol. The number of fused-ring (bicyclic) bond motifs is 1. The third kappa shape index (κ3) is 3.14. The summed E-state index contributed by atoms with van der Waals surface area (Å²) in [5.74, 6) is -0.318. The summed E-state index contributed by atoms with van der Waals surface area (Å²) >= 11 is 0. The third-order valence-electron chi connectivity index (χ3n) is 4.23. The fraction of sp³-hybridized carbons (Fsp3) is 0.500. The highest BCUT2D eigenvalue weighted by Crippen LogP contribution is 2.52. The Hall–Kier alpha value is -2.68. The molecule has 1 fully saturated rings. The highest BCUT2D eigenvalue weighted by atomic mass is 16.5. The minimum atomic E-state index is -0.599. The van der Waals surface area contributed by atoms with Crippen molar-refractivity contribution in [2.24, 2.45) is 10.8 Å². The van der Waals surface area contributed by atoms with Crippen LogP contribution in [-0.4, -0.2) is 43.8 Å². The van der Waals surface area contributed by atoms with Gasteiger partial charge in [0.2, 0.25) is 5.95 Å². The number of nitrogens with zero attached hydrogens (tertiary/aromatic N) is 3. The first kappa shape index (κ1) is 17.2. The molecule has 2 aromatic heterocycles. The molecule has 0 bridgehead atoms. The fourth-order valence-electron chi connectivity index (χ4n) is 2.48. The molecule has 134 valence electrons. The van der Waals surface area contributed by atoms with Gasteiger partial charge in [-0.1, -0.05) is 0 Å². The van der Waals surface area contributed by atoms with Gasteiger partial charge in [0.1, 0.15) is 12.9 Å². The molecule has 0 aliphatic heterocycles. The van der Waals surface area contributed by atoms with E-state index in [-0.39, 0.29) is 30.6 Å². The summed E-state index contributed by atoms with van der Waals surface area (Å²) in [7, 11) is 0. The summed E-state index contributed by atoms with van der Waals surface area (Å²) in [6.07, 6.45) is 3.78. The number of hydrogen-bond donors (Lipinski definition) is 3. The van der Waals surface area contributed by atoms with E-state index in [0.717, 1.165) is 5.57 Å². The van der Waals surface area contributed by atoms with Crippen molar-refractivity contribution in [2.75, 3.05) is 18.9 Å². The molecule has 9 heteroatoms. The van der Waals surface area contributed by atoms with Crippen molar-refractivity contribution in [2.45, 2.75) is 27.2 Å². The smallest absolute Gasteiger partial charge is 0.311 e. The maximum atomic E-state index is 11.9. The van der Waals surface area contributed by atoms with Crippen molar-refractivity contribution in [1.29, 1.82) is 0 Å². The minimum Gasteiger partial charge on any atom is -0.464 e. The van der Waals surface area contributed by atoms with E-state index in [1.807, 2.05) is 0 Å². The molecule has 0 radical (unpaired) electrons. The predicted octanol–water partition coefficient (Wildman–Crippen LogP) is 0.514. The number of carbonyl (C=O) groups is 1. The quantitative estimate of drug-likeness (QED) is 0.686. The molecular weight excluding hydrogens is 326 g/mol. The number of aliphatic hydroxyl groups is 1. The van der Waals surface area contributed by atoms with Gasteiger partial charge in [-0.15, -0.1) is 0 Å². The number of aromatic amines is 1. The van der Waals surface area contributed by atoms with E-state index in [2.05, 4.69) is 15.0 Å². The lowest BCUT2D eigenvalue weighted by atomic mass is 9.97. The second-order valence-corrected chi connectivity index (χ2v) is 7.37. The minimum absolute atomic E-state index is 0.000903. The van der Waals surface area contributed by atoms with Crippen LogP contribution in [0, 0.1) is 10.8 Å². The Labute approximate surface area is 143 Å². The van der Waals surface area contributed by atoms with Crippen LogP contribution in [0.1, 0.15) is 27.2 Å². The van der Waals surface area contributed by atoms with Gasteiger partial charge in [-0.05, 0) is 32.8 Å². The molecular formula is C16H21N5O4. The maximum Gasteiger partial charge on any atom is 0.311 e. The number of aliphatic hydroxyl groups excluding tert-OH is 1. The number of hydrogen-bond acceptors (Lipinski definition) is 7. The Balaban J connectivity index is 1.84. The number of imidazole rings is 1. The lowest BCUT2D eigenvalue weighted by Crippen LogP contribution is -2.27. The van der Waals surface area contributed by atoms with Crippen LogP contribution >= 0.6 is 0 Å². The van der Waals surface area contributed by atoms with E-state index in [9.17, 15) is 14.7 Å². The van der Waals surface area contributed by atoms with Gasteiger partial charge in [-0.3, -0.25) is 19.1 Å². The van der Waals surface area contributed by atoms with Crippen LogP contribution < -0.4 is 11.3 Å². The number of aromatic nitrogens is 4. The van der Waals surface area contributed by atoms with Crippen LogP contribution in [-0.2, 0) is 9.53 Å². The Kier molecular flexibility index (Phi) is 3.91. The van der Waals surface area contributed by atoms with Crippen LogP contribution in [0.2, 0.25) is 0 Å². The van der Waals surface area contributed by atoms with Crippen molar-refractivity contribution in [3.63, 3.8) is 0 Å². The highest BCUT2D eigenvalue weighted by molar-refractivity contribution is 5.76. The van der Waals surface area contributed by atoms with Gasteiger partial charge >= 0.3 is 5.97 Å². The molecule has 2 aromatic rings. The van der Waals surface area contributed by atoms with Crippen molar-refractivity contribution in [3.8, 4) is 0 Å². The van der Waals surface area contributed by atoms with Crippen molar-refractivity contribution in [3.05, 3.63) is 22.3 Å². The van der Waals surface area contributed by atoms with Crippen LogP contribution in [0.4, 0.5) is 5.95 Å². The fourth-order valence-corrected chi connectivity index (χ4v) is 2.48. The average molecular weight is 347 g/mol. The van der Waals surface area contributed by atoms with Crippen LogP contribution in [0.25, 0.3) is 17.4 Å². The average Bonchev–Trinajstić information content (AvgIpc) is 3.06. The summed E-state index contributed by atoms with van der Waals surface area (Å²) < 4.78 is 6.93. The Bertz CT molecular complexity index is 921. The molecule has 0 spiro atoms. The topological polar surface area (TPSA) is 136 Å². The van der Waals surface area contributed by atoms with Crippen molar-refractivity contribution in [1.82, 2.24) is 19.5 Å². The van der Waals surface area contributed by atoms with E-state index in [0.29, 0.717) is 12.1 Å². The number of nitrogens with two attached hydrogens (primary N) is 1. The summed E-state index contributed by atoms with van der Waals surface area (Å²) in [4.78, 5) is 34.2. The second kappa shape index (κ2) is 5.69. The van der Waals surface area contributed by atoms with Crippen LogP contribution in [0.3, 0.4) is 0 Å². The molecule has 3 rings (SSSR count). The third-order valence-corrected chi connectivity index (χ3v) is 4.23. The second-order valence-electron chi connectivity index (χ2n) is 7.37. The summed E-state index contributed by atoms with van der Waals surface area (Å²) in [5, 5.41) is 9.73. The van der Waals surface area contributed by atoms with Gasteiger partial charge < -0.3 is 15.6 Å². The molecule has 0 amide bonds.